The van der Waals surface area contributed by atoms with E-state index < -0.39 is 0 Å². The monoisotopic (exact) mass is 249 g/mol. The summed E-state index contributed by atoms with van der Waals surface area (Å²) in [6.45, 7) is 8.65. The van der Waals surface area contributed by atoms with Crippen LogP contribution in [0.4, 0.5) is 0 Å². The summed E-state index contributed by atoms with van der Waals surface area (Å²) in [4.78, 5) is 0. The van der Waals surface area contributed by atoms with Crippen molar-refractivity contribution >= 4 is 20.3 Å². The minimum atomic E-state index is 0. The van der Waals surface area contributed by atoms with E-state index in [1.165, 1.54) is 21.9 Å². The standard InChI is InChI=1S/C11H11.C2H6Si.Ti/c1-8-7-10-5-3-4-6-11(10)9(8)2;1-3-2;/h3-7H,1-2H3;1-2H3;/q-1;;. The molecule has 0 saturated carbocycles. The van der Waals surface area contributed by atoms with Gasteiger partial charge in [0.2, 0.25) is 0 Å². The van der Waals surface area contributed by atoms with Crippen molar-refractivity contribution in [1.82, 2.24) is 0 Å². The average Bonchev–Trinajstić information content (AvgIpc) is 2.45. The van der Waals surface area contributed by atoms with Crippen molar-refractivity contribution in [2.45, 2.75) is 26.9 Å². The number of hydrogen-bond acceptors (Lipinski definition) is 0. The molecule has 0 aliphatic carbocycles. The SMILES string of the molecule is C[Si]C.Cc1[cH-]c2ccccc2c1C.[Ti]. The summed E-state index contributed by atoms with van der Waals surface area (Å²) < 4.78 is 0. The van der Waals surface area contributed by atoms with Crippen LogP contribution in [-0.4, -0.2) is 9.52 Å². The zero-order valence-corrected chi connectivity index (χ0v) is 12.4. The van der Waals surface area contributed by atoms with Crippen LogP contribution in [0.1, 0.15) is 11.1 Å². The fraction of sp³-hybridized carbons (Fsp3) is 0.308. The minimum Gasteiger partial charge on any atom is -0.154 e. The van der Waals surface area contributed by atoms with Crippen LogP contribution in [0.3, 0.4) is 0 Å². The molecule has 0 aliphatic heterocycles. The Balaban J connectivity index is 0.000000443. The van der Waals surface area contributed by atoms with Gasteiger partial charge in [-0.1, -0.05) is 33.0 Å². The van der Waals surface area contributed by atoms with Crippen LogP contribution in [0.15, 0.2) is 30.3 Å². The summed E-state index contributed by atoms with van der Waals surface area (Å²) in [5.41, 5.74) is 2.81. The molecule has 0 bridgehead atoms. The molecule has 78 valence electrons. The van der Waals surface area contributed by atoms with E-state index >= 15 is 0 Å². The maximum absolute atomic E-state index is 2.24. The fourth-order valence-corrected chi connectivity index (χ4v) is 1.52. The minimum absolute atomic E-state index is 0. The third-order valence-electron chi connectivity index (χ3n) is 2.33. The van der Waals surface area contributed by atoms with Crippen molar-refractivity contribution in [2.75, 3.05) is 0 Å². The zero-order valence-electron chi connectivity index (χ0n) is 9.89. The second kappa shape index (κ2) is 7.10. The largest absolute Gasteiger partial charge is 0.154 e. The van der Waals surface area contributed by atoms with E-state index in [0.29, 0.717) is 0 Å². The van der Waals surface area contributed by atoms with Crippen LogP contribution in [0.5, 0.6) is 0 Å². The fourth-order valence-electron chi connectivity index (χ4n) is 1.52. The van der Waals surface area contributed by atoms with Gasteiger partial charge in [0.1, 0.15) is 0 Å². The van der Waals surface area contributed by atoms with E-state index in [1.54, 1.807) is 0 Å². The van der Waals surface area contributed by atoms with Gasteiger partial charge < -0.3 is 0 Å². The van der Waals surface area contributed by atoms with E-state index in [-0.39, 0.29) is 21.7 Å². The van der Waals surface area contributed by atoms with Gasteiger partial charge in [0, 0.05) is 31.2 Å². The molecule has 0 amide bonds. The Bertz CT molecular complexity index is 404. The van der Waals surface area contributed by atoms with E-state index in [9.17, 15) is 0 Å². The first-order valence-corrected chi connectivity index (χ1v) is 6.90. The van der Waals surface area contributed by atoms with Crippen LogP contribution in [-0.2, 0) is 21.7 Å². The number of aryl methyl sites for hydroxylation is 2. The van der Waals surface area contributed by atoms with Gasteiger partial charge in [-0.2, -0.15) is 5.56 Å². The van der Waals surface area contributed by atoms with Crippen molar-refractivity contribution in [3.8, 4) is 0 Å². The summed E-state index contributed by atoms with van der Waals surface area (Å²) >= 11 is 0. The van der Waals surface area contributed by atoms with Gasteiger partial charge in [0.25, 0.3) is 0 Å². The number of fused-ring (bicyclic) bond motifs is 1. The Kier molecular flexibility index (Phi) is 6.99. The van der Waals surface area contributed by atoms with Gasteiger partial charge in [0.05, 0.1) is 0 Å². The molecule has 0 fully saturated rings. The topological polar surface area (TPSA) is 0 Å². The van der Waals surface area contributed by atoms with Crippen LogP contribution < -0.4 is 0 Å². The molecule has 2 aromatic carbocycles. The smallest absolute Gasteiger partial charge is 0.0307 e. The number of benzene rings is 1. The van der Waals surface area contributed by atoms with Crippen molar-refractivity contribution < 1.29 is 21.7 Å². The molecule has 2 rings (SSSR count). The van der Waals surface area contributed by atoms with Gasteiger partial charge >= 0.3 is 0 Å². The van der Waals surface area contributed by atoms with E-state index in [1.807, 2.05) is 0 Å². The number of hydrogen-bond donors (Lipinski definition) is 0. The molecular weight excluding hydrogens is 232 g/mol. The third-order valence-corrected chi connectivity index (χ3v) is 2.33. The van der Waals surface area contributed by atoms with Crippen molar-refractivity contribution in [2.24, 2.45) is 0 Å². The van der Waals surface area contributed by atoms with E-state index in [2.05, 4.69) is 57.3 Å². The predicted molar refractivity (Wildman–Crippen MR) is 66.5 cm³/mol. The predicted octanol–water partition coefficient (Wildman–Crippen LogP) is 3.96. The van der Waals surface area contributed by atoms with Crippen molar-refractivity contribution in [1.29, 1.82) is 0 Å². The summed E-state index contributed by atoms with van der Waals surface area (Å²) in [7, 11) is 1.08. The average molecular weight is 249 g/mol. The molecule has 0 spiro atoms. The molecule has 0 unspecified atom stereocenters. The summed E-state index contributed by atoms with van der Waals surface area (Å²) in [5, 5.41) is 2.76. The van der Waals surface area contributed by atoms with Gasteiger partial charge in [-0.15, -0.1) is 40.6 Å². The Morgan fingerprint density at radius 3 is 2.13 bits per heavy atom. The Hall–Kier alpha value is -0.239. The number of rotatable bonds is 0. The van der Waals surface area contributed by atoms with Gasteiger partial charge in [0.15, 0.2) is 0 Å². The molecule has 2 radical (unpaired) electrons. The first-order chi connectivity index (χ1) is 6.70. The maximum Gasteiger partial charge on any atom is 0.0307 e. The second-order valence-electron chi connectivity index (χ2n) is 3.54. The van der Waals surface area contributed by atoms with E-state index in [4.69, 9.17) is 0 Å². The quantitative estimate of drug-likeness (QED) is 0.489. The molecule has 0 atom stereocenters. The van der Waals surface area contributed by atoms with Crippen molar-refractivity contribution in [3.63, 3.8) is 0 Å². The Morgan fingerprint density at radius 1 is 1.07 bits per heavy atom. The zero-order chi connectivity index (χ0) is 10.6. The molecule has 2 aromatic rings. The first-order valence-electron chi connectivity index (χ1n) is 4.90. The van der Waals surface area contributed by atoms with Crippen LogP contribution >= 0.6 is 0 Å². The molecule has 2 heteroatoms. The molecule has 0 saturated heterocycles. The molecular formula is C13H17SiTi-. The van der Waals surface area contributed by atoms with E-state index in [0.717, 1.165) is 9.52 Å². The molecule has 0 N–H and O–H groups in total. The van der Waals surface area contributed by atoms with Crippen LogP contribution in [0.2, 0.25) is 13.1 Å². The molecule has 15 heavy (non-hydrogen) atoms. The summed E-state index contributed by atoms with van der Waals surface area (Å²) in [6.07, 6.45) is 0. The Morgan fingerprint density at radius 2 is 1.60 bits per heavy atom. The Labute approximate surface area is 110 Å². The van der Waals surface area contributed by atoms with Gasteiger partial charge in [-0.3, -0.25) is 0 Å². The molecule has 0 aliphatic rings. The maximum atomic E-state index is 2.24. The van der Waals surface area contributed by atoms with Gasteiger partial charge in [-0.05, 0) is 0 Å². The van der Waals surface area contributed by atoms with Crippen LogP contribution in [0.25, 0.3) is 10.8 Å². The van der Waals surface area contributed by atoms with Crippen LogP contribution in [0, 0.1) is 13.8 Å². The second-order valence-corrected chi connectivity index (χ2v) is 4.54. The van der Waals surface area contributed by atoms with Gasteiger partial charge in [-0.25, -0.2) is 0 Å². The molecule has 0 heterocycles. The molecule has 0 nitrogen and oxygen atoms in total. The summed E-state index contributed by atoms with van der Waals surface area (Å²) in [6, 6.07) is 10.8. The third kappa shape index (κ3) is 3.67. The molecule has 0 aromatic heterocycles. The summed E-state index contributed by atoms with van der Waals surface area (Å²) in [5.74, 6) is 0. The van der Waals surface area contributed by atoms with Crippen molar-refractivity contribution in [3.05, 3.63) is 41.5 Å². The first kappa shape index (κ1) is 14.8. The normalized spacial score (nSPS) is 9.07.